The van der Waals surface area contributed by atoms with Gasteiger partial charge in [0.1, 0.15) is 19.0 Å². The smallest absolute Gasteiger partial charge is 0.230 e. The van der Waals surface area contributed by atoms with Gasteiger partial charge < -0.3 is 19.7 Å². The fourth-order valence-corrected chi connectivity index (χ4v) is 4.72. The van der Waals surface area contributed by atoms with Gasteiger partial charge in [-0.2, -0.15) is 5.10 Å². The van der Waals surface area contributed by atoms with E-state index >= 15 is 0 Å². The van der Waals surface area contributed by atoms with Crippen molar-refractivity contribution < 1.29 is 19.1 Å². The van der Waals surface area contributed by atoms with Crippen LogP contribution in [0.4, 0.5) is 11.5 Å². The summed E-state index contributed by atoms with van der Waals surface area (Å²) >= 11 is 1.66. The quantitative estimate of drug-likeness (QED) is 0.662. The Hall–Kier alpha value is -3.33. The van der Waals surface area contributed by atoms with Crippen LogP contribution < -0.4 is 19.7 Å². The number of carbonyl (C=O) groups is 2. The molecule has 31 heavy (non-hydrogen) atoms. The summed E-state index contributed by atoms with van der Waals surface area (Å²) in [6, 6.07) is 9.26. The number of hydrogen-bond donors (Lipinski definition) is 1. The van der Waals surface area contributed by atoms with Crippen LogP contribution in [0.25, 0.3) is 0 Å². The van der Waals surface area contributed by atoms with E-state index in [0.717, 1.165) is 0 Å². The van der Waals surface area contributed by atoms with Crippen LogP contribution in [-0.2, 0) is 16.1 Å². The first kappa shape index (κ1) is 19.6. The molecule has 1 atom stereocenters. The Balaban J connectivity index is 1.27. The van der Waals surface area contributed by atoms with Crippen molar-refractivity contribution in [3.05, 3.63) is 52.3 Å². The number of aryl methyl sites for hydroxylation is 1. The van der Waals surface area contributed by atoms with E-state index in [-0.39, 0.29) is 18.2 Å². The van der Waals surface area contributed by atoms with E-state index in [9.17, 15) is 9.59 Å². The molecule has 3 aromatic rings. The summed E-state index contributed by atoms with van der Waals surface area (Å²) in [4.78, 5) is 28.4. The molecule has 0 spiro atoms. The topological polar surface area (TPSA) is 85.7 Å². The van der Waals surface area contributed by atoms with Gasteiger partial charge in [-0.25, -0.2) is 4.68 Å². The molecule has 1 N–H and O–H groups in total. The van der Waals surface area contributed by atoms with Crippen molar-refractivity contribution in [2.75, 3.05) is 30.0 Å². The predicted molar refractivity (Wildman–Crippen MR) is 117 cm³/mol. The molecule has 8 nitrogen and oxygen atoms in total. The van der Waals surface area contributed by atoms with E-state index in [1.165, 1.54) is 10.4 Å². The second-order valence-electron chi connectivity index (χ2n) is 7.62. The first-order valence-corrected chi connectivity index (χ1v) is 11.0. The van der Waals surface area contributed by atoms with E-state index in [0.29, 0.717) is 49.3 Å². The Morgan fingerprint density at radius 2 is 2.06 bits per heavy atom. The zero-order chi connectivity index (χ0) is 21.4. The number of amides is 2. The third-order valence-electron chi connectivity index (χ3n) is 5.56. The summed E-state index contributed by atoms with van der Waals surface area (Å²) in [6.07, 6.45) is 1.83. The molecule has 2 aromatic heterocycles. The number of anilines is 2. The second kappa shape index (κ2) is 8.07. The molecule has 1 aromatic carbocycles. The fourth-order valence-electron chi connectivity index (χ4n) is 3.83. The lowest BCUT2D eigenvalue weighted by molar-refractivity contribution is -0.122. The average molecular weight is 439 g/mol. The van der Waals surface area contributed by atoms with Crippen molar-refractivity contribution >= 4 is 34.7 Å². The third-order valence-corrected chi connectivity index (χ3v) is 6.57. The van der Waals surface area contributed by atoms with Gasteiger partial charge in [0.05, 0.1) is 18.7 Å². The SMILES string of the molecule is Cc1ccsc1Cn1nccc1NC(=O)C1CC(=O)N(c2ccc3c(c2)OCCO3)C1. The van der Waals surface area contributed by atoms with E-state index < -0.39 is 5.92 Å². The lowest BCUT2D eigenvalue weighted by Gasteiger charge is -2.22. The average Bonchev–Trinajstić information content (AvgIpc) is 3.49. The van der Waals surface area contributed by atoms with E-state index in [1.54, 1.807) is 45.3 Å². The highest BCUT2D eigenvalue weighted by Crippen LogP contribution is 2.36. The van der Waals surface area contributed by atoms with Crippen molar-refractivity contribution in [3.8, 4) is 11.5 Å². The summed E-state index contributed by atoms with van der Waals surface area (Å²) < 4.78 is 12.9. The molecule has 0 bridgehead atoms. The maximum Gasteiger partial charge on any atom is 0.230 e. The zero-order valence-electron chi connectivity index (χ0n) is 17.0. The highest BCUT2D eigenvalue weighted by molar-refractivity contribution is 7.10. The molecule has 9 heteroatoms. The molecule has 4 heterocycles. The molecule has 0 radical (unpaired) electrons. The lowest BCUT2D eigenvalue weighted by Crippen LogP contribution is -2.29. The lowest BCUT2D eigenvalue weighted by atomic mass is 10.1. The Bertz CT molecular complexity index is 1140. The second-order valence-corrected chi connectivity index (χ2v) is 8.62. The Morgan fingerprint density at radius 3 is 2.87 bits per heavy atom. The molecular formula is C22H22N4O4S. The third kappa shape index (κ3) is 3.88. The molecule has 1 unspecified atom stereocenters. The van der Waals surface area contributed by atoms with Gasteiger partial charge in [0.15, 0.2) is 11.5 Å². The van der Waals surface area contributed by atoms with Gasteiger partial charge in [-0.15, -0.1) is 11.3 Å². The summed E-state index contributed by atoms with van der Waals surface area (Å²) in [5.74, 6) is 1.22. The summed E-state index contributed by atoms with van der Waals surface area (Å²) in [7, 11) is 0. The van der Waals surface area contributed by atoms with Crippen LogP contribution >= 0.6 is 11.3 Å². The van der Waals surface area contributed by atoms with Crippen molar-refractivity contribution in [2.45, 2.75) is 19.9 Å². The molecule has 2 aliphatic rings. The monoisotopic (exact) mass is 438 g/mol. The van der Waals surface area contributed by atoms with Crippen LogP contribution in [0.15, 0.2) is 41.9 Å². The fraction of sp³-hybridized carbons (Fsp3) is 0.318. The summed E-state index contributed by atoms with van der Waals surface area (Å²) in [5.41, 5.74) is 1.91. The van der Waals surface area contributed by atoms with Gasteiger partial charge in [0.2, 0.25) is 11.8 Å². The van der Waals surface area contributed by atoms with Gasteiger partial charge in [-0.1, -0.05) is 0 Å². The van der Waals surface area contributed by atoms with Crippen LogP contribution in [0.5, 0.6) is 11.5 Å². The van der Waals surface area contributed by atoms with Gasteiger partial charge in [-0.05, 0) is 36.1 Å². The predicted octanol–water partition coefficient (Wildman–Crippen LogP) is 3.06. The number of thiophene rings is 1. The maximum atomic E-state index is 12.9. The number of benzene rings is 1. The van der Waals surface area contributed by atoms with Gasteiger partial charge in [0.25, 0.3) is 0 Å². The van der Waals surface area contributed by atoms with Crippen LogP contribution in [0.3, 0.4) is 0 Å². The molecule has 2 aliphatic heterocycles. The Labute approximate surface area is 183 Å². The van der Waals surface area contributed by atoms with E-state index in [1.807, 2.05) is 11.4 Å². The van der Waals surface area contributed by atoms with Gasteiger partial charge >= 0.3 is 0 Å². The summed E-state index contributed by atoms with van der Waals surface area (Å²) in [6.45, 7) is 3.97. The van der Waals surface area contributed by atoms with Crippen LogP contribution in [0.1, 0.15) is 16.9 Å². The minimum atomic E-state index is -0.437. The molecule has 0 aliphatic carbocycles. The molecule has 2 amide bonds. The number of carbonyl (C=O) groups excluding carboxylic acids is 2. The van der Waals surface area contributed by atoms with Crippen LogP contribution in [-0.4, -0.2) is 41.4 Å². The molecule has 160 valence electrons. The van der Waals surface area contributed by atoms with Crippen molar-refractivity contribution in [3.63, 3.8) is 0 Å². The molecule has 0 saturated carbocycles. The van der Waals surface area contributed by atoms with Crippen LogP contribution in [0.2, 0.25) is 0 Å². The highest BCUT2D eigenvalue weighted by atomic mass is 32.1. The largest absolute Gasteiger partial charge is 0.486 e. The van der Waals surface area contributed by atoms with Gasteiger partial charge in [-0.3, -0.25) is 9.59 Å². The maximum absolute atomic E-state index is 12.9. The molecule has 1 saturated heterocycles. The normalized spacial score (nSPS) is 17.8. The van der Waals surface area contributed by atoms with Crippen molar-refractivity contribution in [1.82, 2.24) is 9.78 Å². The van der Waals surface area contributed by atoms with Crippen LogP contribution in [0, 0.1) is 12.8 Å². The Morgan fingerprint density at radius 1 is 1.23 bits per heavy atom. The highest BCUT2D eigenvalue weighted by Gasteiger charge is 2.36. The summed E-state index contributed by atoms with van der Waals surface area (Å²) in [5, 5.41) is 9.33. The standard InChI is InChI=1S/C22H22N4O4S/c1-14-5-9-31-19(14)13-26-20(4-6-23-26)24-22(28)15-10-21(27)25(12-15)16-2-3-17-18(11-16)30-8-7-29-17/h2-6,9,11,15H,7-8,10,12-13H2,1H3,(H,24,28). The minimum Gasteiger partial charge on any atom is -0.486 e. The Kier molecular flexibility index (Phi) is 5.11. The minimum absolute atomic E-state index is 0.0838. The first-order chi connectivity index (χ1) is 15.1. The van der Waals surface area contributed by atoms with Gasteiger partial charge in [0, 0.05) is 35.7 Å². The number of fused-ring (bicyclic) bond motifs is 1. The van der Waals surface area contributed by atoms with E-state index in [4.69, 9.17) is 9.47 Å². The van der Waals surface area contributed by atoms with Crippen molar-refractivity contribution in [1.29, 1.82) is 0 Å². The van der Waals surface area contributed by atoms with E-state index in [2.05, 4.69) is 23.4 Å². The number of hydrogen-bond acceptors (Lipinski definition) is 6. The number of rotatable bonds is 5. The number of aromatic nitrogens is 2. The first-order valence-electron chi connectivity index (χ1n) is 10.1. The molecule has 5 rings (SSSR count). The van der Waals surface area contributed by atoms with Crippen molar-refractivity contribution in [2.24, 2.45) is 5.92 Å². The molecular weight excluding hydrogens is 416 g/mol. The zero-order valence-corrected chi connectivity index (χ0v) is 17.9. The number of ether oxygens (including phenoxy) is 2. The molecule has 1 fully saturated rings. The number of nitrogens with one attached hydrogen (secondary N) is 1. The number of nitrogens with zero attached hydrogens (tertiary/aromatic N) is 3.